The van der Waals surface area contributed by atoms with Crippen molar-refractivity contribution in [1.29, 1.82) is 0 Å². The van der Waals surface area contributed by atoms with Gasteiger partial charge in [-0.05, 0) is 6.42 Å². The van der Waals surface area contributed by atoms with Gasteiger partial charge < -0.3 is 14.0 Å². The normalized spacial score (nSPS) is 12.7. The van der Waals surface area contributed by atoms with E-state index in [1.54, 1.807) is 0 Å². The van der Waals surface area contributed by atoms with E-state index in [0.29, 0.717) is 6.42 Å². The molecule has 0 aliphatic carbocycles. The quantitative estimate of drug-likeness (QED) is 0.321. The van der Waals surface area contributed by atoms with Gasteiger partial charge in [0, 0.05) is 0 Å². The fourth-order valence-corrected chi connectivity index (χ4v) is 2.39. The molecule has 7 nitrogen and oxygen atoms in total. The minimum Gasteiger partial charge on any atom is -0.747 e. The van der Waals surface area contributed by atoms with Crippen LogP contribution in [0.15, 0.2) is 0 Å². The van der Waals surface area contributed by atoms with Crippen molar-refractivity contribution in [3.05, 3.63) is 0 Å². The van der Waals surface area contributed by atoms with E-state index < -0.39 is 33.7 Å². The van der Waals surface area contributed by atoms with Crippen molar-refractivity contribution in [2.45, 2.75) is 57.1 Å². The van der Waals surface area contributed by atoms with Gasteiger partial charge in [-0.15, -0.1) is 0 Å². The molecule has 0 N–H and O–H groups in total. The lowest BCUT2D eigenvalue weighted by molar-refractivity contribution is -0.148. The van der Waals surface area contributed by atoms with Gasteiger partial charge >= 0.3 is 11.9 Å². The Kier molecular flexibility index (Phi) is 9.98. The summed E-state index contributed by atoms with van der Waals surface area (Å²) in [6.45, 7) is 2.27. The second kappa shape index (κ2) is 10.6. The monoisotopic (exact) mass is 323 g/mol. The van der Waals surface area contributed by atoms with Crippen LogP contribution in [0.5, 0.6) is 0 Å². The van der Waals surface area contributed by atoms with Crippen LogP contribution in [0.2, 0.25) is 0 Å². The lowest BCUT2D eigenvalue weighted by atomic mass is 10.1. The van der Waals surface area contributed by atoms with Crippen molar-refractivity contribution < 1.29 is 32.0 Å². The summed E-state index contributed by atoms with van der Waals surface area (Å²) in [6, 6.07) is 0. The molecule has 0 rings (SSSR count). The first-order chi connectivity index (χ1) is 9.82. The van der Waals surface area contributed by atoms with Crippen LogP contribution in [0.25, 0.3) is 0 Å². The highest BCUT2D eigenvalue weighted by atomic mass is 32.2. The first-order valence-electron chi connectivity index (χ1n) is 7.01. The zero-order valence-electron chi connectivity index (χ0n) is 12.5. The van der Waals surface area contributed by atoms with E-state index in [2.05, 4.69) is 11.7 Å². The van der Waals surface area contributed by atoms with E-state index in [0.717, 1.165) is 32.8 Å². The number of esters is 2. The molecule has 0 fully saturated rings. The molecule has 0 bridgehead atoms. The minimum absolute atomic E-state index is 0.151. The number of carbonyl (C=O) groups excluding carboxylic acids is 2. The average Bonchev–Trinajstić information content (AvgIpc) is 2.41. The fraction of sp³-hybridized carbons (Fsp3) is 0.846. The van der Waals surface area contributed by atoms with Crippen LogP contribution in [0.1, 0.15) is 51.9 Å². The zero-order valence-corrected chi connectivity index (χ0v) is 13.3. The van der Waals surface area contributed by atoms with Gasteiger partial charge in [0.05, 0.1) is 20.1 Å². The van der Waals surface area contributed by atoms with Crippen molar-refractivity contribution in [2.24, 2.45) is 0 Å². The summed E-state index contributed by atoms with van der Waals surface area (Å²) >= 11 is 0. The maximum atomic E-state index is 11.4. The van der Waals surface area contributed by atoms with Crippen LogP contribution in [-0.2, 0) is 29.2 Å². The number of hydrogen-bond acceptors (Lipinski definition) is 7. The molecular formula is C13H23O7S-. The molecule has 0 aromatic carbocycles. The van der Waals surface area contributed by atoms with E-state index in [1.165, 1.54) is 6.42 Å². The molecule has 1 unspecified atom stereocenters. The van der Waals surface area contributed by atoms with Crippen molar-refractivity contribution in [1.82, 2.24) is 0 Å². The van der Waals surface area contributed by atoms with Gasteiger partial charge in [-0.2, -0.15) is 0 Å². The molecule has 0 amide bonds. The minimum atomic E-state index is -4.94. The van der Waals surface area contributed by atoms with Crippen LogP contribution < -0.4 is 0 Å². The SMILES string of the molecule is CCCCCCCCOC(=O)CC(C(=O)OC)S(=O)(=O)[O-]. The highest BCUT2D eigenvalue weighted by Crippen LogP contribution is 2.09. The Labute approximate surface area is 125 Å². The van der Waals surface area contributed by atoms with Gasteiger partial charge in [-0.1, -0.05) is 39.0 Å². The van der Waals surface area contributed by atoms with Crippen LogP contribution in [0.4, 0.5) is 0 Å². The largest absolute Gasteiger partial charge is 0.747 e. The van der Waals surface area contributed by atoms with Crippen molar-refractivity contribution in [3.8, 4) is 0 Å². The fourth-order valence-electron chi connectivity index (χ4n) is 1.71. The van der Waals surface area contributed by atoms with E-state index in [1.807, 2.05) is 0 Å². The molecular weight excluding hydrogens is 300 g/mol. The Bertz CT molecular complexity index is 416. The summed E-state index contributed by atoms with van der Waals surface area (Å²) < 4.78 is 41.7. The molecule has 0 radical (unpaired) electrons. The number of ether oxygens (including phenoxy) is 2. The summed E-state index contributed by atoms with van der Waals surface area (Å²) in [4.78, 5) is 22.6. The molecule has 124 valence electrons. The molecule has 0 saturated heterocycles. The average molecular weight is 323 g/mol. The van der Waals surface area contributed by atoms with Gasteiger partial charge in [0.2, 0.25) is 0 Å². The van der Waals surface area contributed by atoms with Gasteiger partial charge in [0.1, 0.15) is 10.1 Å². The predicted octanol–water partition coefficient (Wildman–Crippen LogP) is 1.37. The van der Waals surface area contributed by atoms with E-state index in [9.17, 15) is 22.6 Å². The Morgan fingerprint density at radius 3 is 2.19 bits per heavy atom. The summed E-state index contributed by atoms with van der Waals surface area (Å²) in [7, 11) is -4.00. The van der Waals surface area contributed by atoms with Crippen LogP contribution in [0.3, 0.4) is 0 Å². The highest BCUT2D eigenvalue weighted by molar-refractivity contribution is 7.87. The summed E-state index contributed by atoms with van der Waals surface area (Å²) in [5, 5.41) is -2.04. The second-order valence-electron chi connectivity index (χ2n) is 4.70. The smallest absolute Gasteiger partial charge is 0.323 e. The number of methoxy groups -OCH3 is 1. The molecule has 0 aromatic heterocycles. The first kappa shape index (κ1) is 19.9. The number of rotatable bonds is 11. The predicted molar refractivity (Wildman–Crippen MR) is 74.5 cm³/mol. The number of hydrogen-bond donors (Lipinski definition) is 0. The molecule has 8 heteroatoms. The van der Waals surface area contributed by atoms with E-state index >= 15 is 0 Å². The van der Waals surface area contributed by atoms with Crippen LogP contribution in [-0.4, -0.2) is 43.9 Å². The highest BCUT2D eigenvalue weighted by Gasteiger charge is 2.29. The molecule has 0 aliphatic heterocycles. The third-order valence-electron chi connectivity index (χ3n) is 2.93. The van der Waals surface area contributed by atoms with E-state index in [4.69, 9.17) is 4.74 Å². The van der Waals surface area contributed by atoms with Crippen LogP contribution >= 0.6 is 0 Å². The number of unbranched alkanes of at least 4 members (excludes halogenated alkanes) is 5. The third-order valence-corrected chi connectivity index (χ3v) is 3.98. The summed E-state index contributed by atoms with van der Waals surface area (Å²) in [5.41, 5.74) is 0. The van der Waals surface area contributed by atoms with Gasteiger partial charge in [-0.3, -0.25) is 9.59 Å². The topological polar surface area (TPSA) is 110 Å². The molecule has 0 saturated carbocycles. The Morgan fingerprint density at radius 2 is 1.67 bits per heavy atom. The Balaban J connectivity index is 4.03. The molecule has 1 atom stereocenters. The summed E-state index contributed by atoms with van der Waals surface area (Å²) in [6.07, 6.45) is 5.26. The van der Waals surface area contributed by atoms with Crippen LogP contribution in [0, 0.1) is 0 Å². The van der Waals surface area contributed by atoms with Gasteiger partial charge in [0.25, 0.3) is 0 Å². The lowest BCUT2D eigenvalue weighted by Gasteiger charge is -2.17. The van der Waals surface area contributed by atoms with Crippen molar-refractivity contribution >= 4 is 22.1 Å². The molecule has 21 heavy (non-hydrogen) atoms. The third kappa shape index (κ3) is 9.41. The Hall–Kier alpha value is -1.15. The lowest BCUT2D eigenvalue weighted by Crippen LogP contribution is -2.34. The Morgan fingerprint density at radius 1 is 1.10 bits per heavy atom. The van der Waals surface area contributed by atoms with Gasteiger partial charge in [0.15, 0.2) is 5.25 Å². The molecule has 0 aromatic rings. The molecule has 0 aliphatic rings. The van der Waals surface area contributed by atoms with Crippen molar-refractivity contribution in [3.63, 3.8) is 0 Å². The first-order valence-corrected chi connectivity index (χ1v) is 8.48. The van der Waals surface area contributed by atoms with Crippen molar-refractivity contribution in [2.75, 3.05) is 13.7 Å². The molecule has 0 heterocycles. The maximum Gasteiger partial charge on any atom is 0.323 e. The summed E-state index contributed by atoms with van der Waals surface area (Å²) in [5.74, 6) is -2.14. The number of carbonyl (C=O) groups is 2. The molecule has 0 spiro atoms. The van der Waals surface area contributed by atoms with Gasteiger partial charge in [-0.25, -0.2) is 8.42 Å². The second-order valence-corrected chi connectivity index (χ2v) is 6.25. The maximum absolute atomic E-state index is 11.4. The standard InChI is InChI=1S/C13H24O7S/c1-3-4-5-6-7-8-9-20-12(14)10-11(13(15)19-2)21(16,17)18/h11H,3-10H2,1-2H3,(H,16,17,18)/p-1. The van der Waals surface area contributed by atoms with E-state index in [-0.39, 0.29) is 6.61 Å². The zero-order chi connectivity index (χ0) is 16.3.